The number of anilines is 1. The van der Waals surface area contributed by atoms with Gasteiger partial charge in [-0.1, -0.05) is 6.07 Å². The Balaban J connectivity index is 2.23. The molecule has 0 bridgehead atoms. The van der Waals surface area contributed by atoms with Crippen LogP contribution >= 0.6 is 0 Å². The van der Waals surface area contributed by atoms with Gasteiger partial charge < -0.3 is 15.4 Å². The van der Waals surface area contributed by atoms with Crippen LogP contribution in [-0.4, -0.2) is 40.1 Å². The summed E-state index contributed by atoms with van der Waals surface area (Å²) in [6.45, 7) is 1.49. The second-order valence-electron chi connectivity index (χ2n) is 4.35. The molecule has 0 aromatic heterocycles. The summed E-state index contributed by atoms with van der Waals surface area (Å²) in [5.41, 5.74) is 7.52. The average Bonchev–Trinajstić information content (AvgIpc) is 2.38. The van der Waals surface area contributed by atoms with E-state index < -0.39 is 9.84 Å². The van der Waals surface area contributed by atoms with Crippen LogP contribution in [-0.2, 0) is 16.4 Å². The predicted octanol–water partition coefficient (Wildman–Crippen LogP) is 0.389. The number of hydrogen-bond donors (Lipinski definition) is 1. The van der Waals surface area contributed by atoms with Crippen LogP contribution in [0.2, 0.25) is 0 Å². The molecule has 0 aliphatic carbocycles. The van der Waals surface area contributed by atoms with Crippen molar-refractivity contribution in [1.29, 1.82) is 0 Å². The van der Waals surface area contributed by atoms with Crippen molar-refractivity contribution >= 4 is 15.5 Å². The summed E-state index contributed by atoms with van der Waals surface area (Å²) >= 11 is 0. The molecule has 1 aliphatic heterocycles. The molecule has 0 unspecified atom stereocenters. The maximum absolute atomic E-state index is 11.4. The molecule has 0 saturated carbocycles. The van der Waals surface area contributed by atoms with Gasteiger partial charge in [0.15, 0.2) is 9.84 Å². The number of nitrogens with zero attached hydrogens (tertiary/aromatic N) is 1. The van der Waals surface area contributed by atoms with Gasteiger partial charge in [-0.2, -0.15) is 0 Å². The summed E-state index contributed by atoms with van der Waals surface area (Å²) in [5.74, 6) is 1.15. The molecule has 5 nitrogen and oxygen atoms in total. The van der Waals surface area contributed by atoms with Crippen LogP contribution in [0.5, 0.6) is 5.75 Å². The van der Waals surface area contributed by atoms with E-state index in [2.05, 4.69) is 0 Å². The number of benzene rings is 1. The minimum Gasteiger partial charge on any atom is -0.495 e. The van der Waals surface area contributed by atoms with Gasteiger partial charge in [0, 0.05) is 19.6 Å². The Labute approximate surface area is 107 Å². The van der Waals surface area contributed by atoms with Crippen LogP contribution in [0.4, 0.5) is 5.69 Å². The van der Waals surface area contributed by atoms with Gasteiger partial charge in [0.25, 0.3) is 0 Å². The molecule has 1 fully saturated rings. The van der Waals surface area contributed by atoms with Gasteiger partial charge in [-0.05, 0) is 17.7 Å². The number of ether oxygens (including phenoxy) is 1. The SMILES string of the molecule is COc1cc(CN)ccc1N1CCS(=O)(=O)CC1. The number of sulfone groups is 1. The van der Waals surface area contributed by atoms with Crippen LogP contribution in [0, 0.1) is 0 Å². The molecule has 0 atom stereocenters. The first kappa shape index (κ1) is 13.2. The van der Waals surface area contributed by atoms with E-state index in [-0.39, 0.29) is 11.5 Å². The zero-order valence-electron chi connectivity index (χ0n) is 10.4. The standard InChI is InChI=1S/C12H18N2O3S/c1-17-12-8-10(9-13)2-3-11(12)14-4-6-18(15,16)7-5-14/h2-3,8H,4-7,9,13H2,1H3. The van der Waals surface area contributed by atoms with E-state index in [0.29, 0.717) is 19.6 Å². The Kier molecular flexibility index (Phi) is 3.77. The van der Waals surface area contributed by atoms with Gasteiger partial charge in [0.2, 0.25) is 0 Å². The van der Waals surface area contributed by atoms with Crippen LogP contribution in [0.1, 0.15) is 5.56 Å². The van der Waals surface area contributed by atoms with E-state index in [1.807, 2.05) is 23.1 Å². The van der Waals surface area contributed by atoms with Gasteiger partial charge in [0.1, 0.15) is 5.75 Å². The fourth-order valence-corrected chi connectivity index (χ4v) is 3.26. The molecule has 1 heterocycles. The second-order valence-corrected chi connectivity index (χ2v) is 6.65. The molecule has 6 heteroatoms. The van der Waals surface area contributed by atoms with E-state index >= 15 is 0 Å². The van der Waals surface area contributed by atoms with E-state index in [1.165, 1.54) is 0 Å². The molecule has 2 N–H and O–H groups in total. The first-order valence-corrected chi connectivity index (χ1v) is 7.70. The summed E-state index contributed by atoms with van der Waals surface area (Å²) in [5, 5.41) is 0. The summed E-state index contributed by atoms with van der Waals surface area (Å²) in [6.07, 6.45) is 0. The van der Waals surface area contributed by atoms with Gasteiger partial charge in [-0.25, -0.2) is 8.42 Å². The first-order valence-electron chi connectivity index (χ1n) is 5.88. The fraction of sp³-hybridized carbons (Fsp3) is 0.500. The average molecular weight is 270 g/mol. The first-order chi connectivity index (χ1) is 8.55. The Morgan fingerprint density at radius 2 is 2.00 bits per heavy atom. The topological polar surface area (TPSA) is 72.6 Å². The molecular formula is C12H18N2O3S. The number of methoxy groups -OCH3 is 1. The highest BCUT2D eigenvalue weighted by Crippen LogP contribution is 2.30. The summed E-state index contributed by atoms with van der Waals surface area (Å²) in [7, 11) is -1.25. The molecule has 1 aromatic carbocycles. The Bertz CT molecular complexity index is 514. The van der Waals surface area contributed by atoms with Crippen LogP contribution in [0.3, 0.4) is 0 Å². The fourth-order valence-electron chi connectivity index (χ4n) is 2.06. The number of nitrogens with two attached hydrogens (primary N) is 1. The van der Waals surface area contributed by atoms with Crippen molar-refractivity contribution in [1.82, 2.24) is 0 Å². The van der Waals surface area contributed by atoms with Crippen molar-refractivity contribution in [2.75, 3.05) is 36.6 Å². The predicted molar refractivity (Wildman–Crippen MR) is 71.8 cm³/mol. The molecule has 18 heavy (non-hydrogen) atoms. The van der Waals surface area contributed by atoms with Crippen molar-refractivity contribution in [3.63, 3.8) is 0 Å². The summed E-state index contributed by atoms with van der Waals surface area (Å²) < 4.78 is 28.2. The maximum Gasteiger partial charge on any atom is 0.153 e. The molecule has 0 spiro atoms. The molecule has 2 rings (SSSR count). The smallest absolute Gasteiger partial charge is 0.153 e. The lowest BCUT2D eigenvalue weighted by Gasteiger charge is -2.30. The van der Waals surface area contributed by atoms with Gasteiger partial charge in [0.05, 0.1) is 24.3 Å². The molecule has 1 saturated heterocycles. The zero-order valence-corrected chi connectivity index (χ0v) is 11.2. The highest BCUT2D eigenvalue weighted by atomic mass is 32.2. The van der Waals surface area contributed by atoms with Crippen molar-refractivity contribution < 1.29 is 13.2 Å². The van der Waals surface area contributed by atoms with E-state index in [1.54, 1.807) is 7.11 Å². The van der Waals surface area contributed by atoms with Gasteiger partial charge in [-0.15, -0.1) is 0 Å². The summed E-state index contributed by atoms with van der Waals surface area (Å²) in [4.78, 5) is 2.04. The van der Waals surface area contributed by atoms with Crippen molar-refractivity contribution in [2.45, 2.75) is 6.54 Å². The normalized spacial score (nSPS) is 18.7. The van der Waals surface area contributed by atoms with Crippen LogP contribution in [0.15, 0.2) is 18.2 Å². The number of hydrogen-bond acceptors (Lipinski definition) is 5. The molecular weight excluding hydrogens is 252 g/mol. The lowest BCUT2D eigenvalue weighted by Crippen LogP contribution is -2.40. The van der Waals surface area contributed by atoms with Crippen molar-refractivity contribution in [2.24, 2.45) is 5.73 Å². The Morgan fingerprint density at radius 1 is 1.33 bits per heavy atom. The Morgan fingerprint density at radius 3 is 2.56 bits per heavy atom. The minimum atomic E-state index is -2.86. The second kappa shape index (κ2) is 5.16. The third-order valence-corrected chi connectivity index (χ3v) is 4.77. The van der Waals surface area contributed by atoms with E-state index in [4.69, 9.17) is 10.5 Å². The molecule has 1 aliphatic rings. The van der Waals surface area contributed by atoms with Crippen molar-refractivity contribution in [3.05, 3.63) is 23.8 Å². The quantitative estimate of drug-likeness (QED) is 0.860. The lowest BCUT2D eigenvalue weighted by atomic mass is 10.1. The monoisotopic (exact) mass is 270 g/mol. The lowest BCUT2D eigenvalue weighted by molar-refractivity contribution is 0.414. The summed E-state index contributed by atoms with van der Waals surface area (Å²) in [6, 6.07) is 5.79. The van der Waals surface area contributed by atoms with E-state index in [0.717, 1.165) is 17.0 Å². The Hall–Kier alpha value is -1.27. The molecule has 1 aromatic rings. The third kappa shape index (κ3) is 2.76. The highest BCUT2D eigenvalue weighted by molar-refractivity contribution is 7.91. The zero-order chi connectivity index (χ0) is 13.2. The molecule has 0 amide bonds. The molecule has 100 valence electrons. The van der Waals surface area contributed by atoms with Crippen LogP contribution < -0.4 is 15.4 Å². The maximum atomic E-state index is 11.4. The van der Waals surface area contributed by atoms with E-state index in [9.17, 15) is 8.42 Å². The largest absolute Gasteiger partial charge is 0.495 e. The van der Waals surface area contributed by atoms with Gasteiger partial charge in [-0.3, -0.25) is 0 Å². The minimum absolute atomic E-state index is 0.203. The van der Waals surface area contributed by atoms with Crippen LogP contribution in [0.25, 0.3) is 0 Å². The highest BCUT2D eigenvalue weighted by Gasteiger charge is 2.23. The van der Waals surface area contributed by atoms with Crippen molar-refractivity contribution in [3.8, 4) is 5.75 Å². The third-order valence-electron chi connectivity index (χ3n) is 3.16. The van der Waals surface area contributed by atoms with Gasteiger partial charge >= 0.3 is 0 Å². The number of rotatable bonds is 3. The molecule has 0 radical (unpaired) electrons.